The molecule has 2 aromatic carbocycles. The third-order valence-corrected chi connectivity index (χ3v) is 6.25. The Bertz CT molecular complexity index is 997. The highest BCUT2D eigenvalue weighted by atomic mass is 35.5. The van der Waals surface area contributed by atoms with Crippen LogP contribution >= 0.6 is 23.4 Å². The summed E-state index contributed by atoms with van der Waals surface area (Å²) in [6, 6.07) is 11.4. The van der Waals surface area contributed by atoms with E-state index in [2.05, 4.69) is 20.6 Å². The average molecular weight is 427 g/mol. The SMILES string of the molecule is O=C(Nc1ccccc1)c1cc2c(cc1Cl)SC(NNCCO)=NS2(=O)=O. The number of para-hydroxylation sites is 1. The molecule has 4 N–H and O–H groups in total. The van der Waals surface area contributed by atoms with Gasteiger partial charge < -0.3 is 10.4 Å². The van der Waals surface area contributed by atoms with Gasteiger partial charge in [-0.25, -0.2) is 5.43 Å². The van der Waals surface area contributed by atoms with Crippen molar-refractivity contribution in [3.63, 3.8) is 0 Å². The van der Waals surface area contributed by atoms with Crippen molar-refractivity contribution >= 4 is 50.1 Å². The van der Waals surface area contributed by atoms with Crippen molar-refractivity contribution in [1.82, 2.24) is 10.9 Å². The second kappa shape index (κ2) is 8.28. The quantitative estimate of drug-likeness (QED) is 0.425. The van der Waals surface area contributed by atoms with Crippen LogP contribution in [0.3, 0.4) is 0 Å². The van der Waals surface area contributed by atoms with E-state index in [0.29, 0.717) is 10.6 Å². The molecule has 0 fully saturated rings. The largest absolute Gasteiger partial charge is 0.395 e. The van der Waals surface area contributed by atoms with E-state index in [0.717, 1.165) is 11.8 Å². The highest BCUT2D eigenvalue weighted by Gasteiger charge is 2.29. The predicted molar refractivity (Wildman–Crippen MR) is 105 cm³/mol. The molecule has 2 aromatic rings. The number of fused-ring (bicyclic) bond motifs is 1. The van der Waals surface area contributed by atoms with Crippen molar-refractivity contribution in [2.45, 2.75) is 9.79 Å². The zero-order chi connectivity index (χ0) is 19.4. The number of amidine groups is 1. The van der Waals surface area contributed by atoms with Gasteiger partial charge in [-0.05, 0) is 36.0 Å². The van der Waals surface area contributed by atoms with Gasteiger partial charge in [-0.1, -0.05) is 29.8 Å². The van der Waals surface area contributed by atoms with Crippen molar-refractivity contribution in [2.75, 3.05) is 18.5 Å². The van der Waals surface area contributed by atoms with Crippen molar-refractivity contribution in [3.05, 3.63) is 53.1 Å². The number of carbonyl (C=O) groups is 1. The third kappa shape index (κ3) is 4.60. The molecule has 0 spiro atoms. The Morgan fingerprint density at radius 3 is 2.67 bits per heavy atom. The van der Waals surface area contributed by atoms with Gasteiger partial charge in [-0.15, -0.1) is 4.40 Å². The molecule has 1 amide bonds. The fourth-order valence-corrected chi connectivity index (χ4v) is 5.04. The zero-order valence-electron chi connectivity index (χ0n) is 13.8. The van der Waals surface area contributed by atoms with Crippen LogP contribution in [-0.2, 0) is 10.0 Å². The van der Waals surface area contributed by atoms with Crippen LogP contribution in [0.4, 0.5) is 5.69 Å². The highest BCUT2D eigenvalue weighted by molar-refractivity contribution is 8.15. The zero-order valence-corrected chi connectivity index (χ0v) is 16.2. The predicted octanol–water partition coefficient (Wildman–Crippen LogP) is 1.83. The van der Waals surface area contributed by atoms with Gasteiger partial charge in [0.1, 0.15) is 4.90 Å². The number of amides is 1. The Kier molecular flexibility index (Phi) is 6.02. The molecule has 1 aliphatic heterocycles. The molecule has 27 heavy (non-hydrogen) atoms. The third-order valence-electron chi connectivity index (χ3n) is 3.43. The van der Waals surface area contributed by atoms with Gasteiger partial charge in [0.05, 0.1) is 17.2 Å². The second-order valence-electron chi connectivity index (χ2n) is 5.35. The molecule has 8 nitrogen and oxygen atoms in total. The Balaban J connectivity index is 1.89. The first-order valence-corrected chi connectivity index (χ1v) is 10.4. The van der Waals surface area contributed by atoms with Crippen molar-refractivity contribution in [1.29, 1.82) is 0 Å². The molecule has 0 unspecified atom stereocenters. The highest BCUT2D eigenvalue weighted by Crippen LogP contribution is 2.37. The van der Waals surface area contributed by atoms with Crippen molar-refractivity contribution < 1.29 is 18.3 Å². The van der Waals surface area contributed by atoms with Crippen molar-refractivity contribution in [2.24, 2.45) is 4.40 Å². The monoisotopic (exact) mass is 426 g/mol. The minimum atomic E-state index is -4.01. The number of hydrogen-bond donors (Lipinski definition) is 4. The summed E-state index contributed by atoms with van der Waals surface area (Å²) in [6.45, 7) is 0.0891. The normalized spacial score (nSPS) is 14.8. The molecule has 1 aliphatic rings. The molecular formula is C16H15ClN4O4S2. The van der Waals surface area contributed by atoms with Gasteiger partial charge in [0.25, 0.3) is 15.9 Å². The standard InChI is InChI=1S/C16H15ClN4O4S2/c17-12-9-13-14(27(24,25)21-16(26-13)20-18-6-7-22)8-11(12)15(23)19-10-4-2-1-3-5-10/h1-5,8-9,18,22H,6-7H2,(H,19,23)(H,20,21). The van der Waals surface area contributed by atoms with Gasteiger partial charge >= 0.3 is 0 Å². The molecule has 0 saturated carbocycles. The number of thioether (sulfide) groups is 1. The van der Waals surface area contributed by atoms with Crippen LogP contribution in [0.1, 0.15) is 10.4 Å². The lowest BCUT2D eigenvalue weighted by Crippen LogP contribution is -2.38. The first-order valence-electron chi connectivity index (χ1n) is 7.73. The lowest BCUT2D eigenvalue weighted by Gasteiger charge is -2.18. The summed E-state index contributed by atoms with van der Waals surface area (Å²) in [5, 5.41) is 11.6. The Hall–Kier alpha value is -2.11. The van der Waals surface area contributed by atoms with Gasteiger partial charge in [0, 0.05) is 17.1 Å². The number of aliphatic hydroxyl groups excluding tert-OH is 1. The minimum absolute atomic E-state index is 0.0356. The number of halogens is 1. The summed E-state index contributed by atoms with van der Waals surface area (Å²) in [4.78, 5) is 12.7. The fourth-order valence-electron chi connectivity index (χ4n) is 2.23. The van der Waals surface area contributed by atoms with Gasteiger partial charge in [0.2, 0.25) is 0 Å². The molecule has 0 aromatic heterocycles. The molecule has 0 bridgehead atoms. The van der Waals surface area contributed by atoms with Gasteiger partial charge in [-0.3, -0.25) is 10.2 Å². The smallest absolute Gasteiger partial charge is 0.285 e. The van der Waals surface area contributed by atoms with Crippen LogP contribution < -0.4 is 16.2 Å². The molecule has 0 radical (unpaired) electrons. The van der Waals surface area contributed by atoms with E-state index >= 15 is 0 Å². The number of anilines is 1. The van der Waals surface area contributed by atoms with E-state index in [1.54, 1.807) is 24.3 Å². The van der Waals surface area contributed by atoms with Crippen LogP contribution in [0.2, 0.25) is 5.02 Å². The van der Waals surface area contributed by atoms with E-state index in [1.165, 1.54) is 12.1 Å². The number of rotatable bonds is 5. The van der Waals surface area contributed by atoms with Crippen LogP contribution in [0, 0.1) is 0 Å². The summed E-state index contributed by atoms with van der Waals surface area (Å²) < 4.78 is 28.6. The summed E-state index contributed by atoms with van der Waals surface area (Å²) in [6.07, 6.45) is 0. The first kappa shape index (κ1) is 19.6. The molecule has 0 atom stereocenters. The number of sulfonamides is 1. The fraction of sp³-hybridized carbons (Fsp3) is 0.125. The van der Waals surface area contributed by atoms with Crippen LogP contribution in [0.15, 0.2) is 56.7 Å². The molecule has 1 heterocycles. The van der Waals surface area contributed by atoms with Crippen LogP contribution in [0.5, 0.6) is 0 Å². The maximum absolute atomic E-state index is 12.5. The molecule has 142 valence electrons. The van der Waals surface area contributed by atoms with E-state index in [4.69, 9.17) is 16.7 Å². The summed E-state index contributed by atoms with van der Waals surface area (Å²) >= 11 is 7.26. The summed E-state index contributed by atoms with van der Waals surface area (Å²) in [7, 11) is -4.01. The van der Waals surface area contributed by atoms with E-state index in [-0.39, 0.29) is 33.8 Å². The lowest BCUT2D eigenvalue weighted by molar-refractivity contribution is 0.102. The van der Waals surface area contributed by atoms with Crippen LogP contribution in [0.25, 0.3) is 0 Å². The second-order valence-corrected chi connectivity index (χ2v) is 8.36. The number of carbonyl (C=O) groups excluding carboxylic acids is 1. The number of hydrogen-bond acceptors (Lipinski definition) is 7. The minimum Gasteiger partial charge on any atom is -0.395 e. The average Bonchev–Trinajstić information content (AvgIpc) is 2.61. The number of benzene rings is 2. The number of nitrogens with zero attached hydrogens (tertiary/aromatic N) is 1. The Labute approximate surface area is 165 Å². The molecule has 11 heteroatoms. The van der Waals surface area contributed by atoms with Crippen molar-refractivity contribution in [3.8, 4) is 0 Å². The molecular weight excluding hydrogens is 412 g/mol. The topological polar surface area (TPSA) is 120 Å². The van der Waals surface area contributed by atoms with Gasteiger partial charge in [0.15, 0.2) is 5.17 Å². The number of aliphatic hydroxyl groups is 1. The maximum atomic E-state index is 12.5. The Morgan fingerprint density at radius 2 is 1.96 bits per heavy atom. The molecule has 0 saturated heterocycles. The van der Waals surface area contributed by atoms with E-state index in [9.17, 15) is 13.2 Å². The van der Waals surface area contributed by atoms with E-state index < -0.39 is 15.9 Å². The maximum Gasteiger partial charge on any atom is 0.285 e. The Morgan fingerprint density at radius 1 is 1.22 bits per heavy atom. The lowest BCUT2D eigenvalue weighted by atomic mass is 10.2. The summed E-state index contributed by atoms with van der Waals surface area (Å²) in [5.41, 5.74) is 5.84. The first-order chi connectivity index (χ1) is 12.9. The molecule has 0 aliphatic carbocycles. The molecule has 3 rings (SSSR count). The number of nitrogens with one attached hydrogen (secondary N) is 3. The van der Waals surface area contributed by atoms with Gasteiger partial charge in [-0.2, -0.15) is 8.42 Å². The van der Waals surface area contributed by atoms with E-state index in [1.807, 2.05) is 6.07 Å². The summed E-state index contributed by atoms with van der Waals surface area (Å²) in [5.74, 6) is -0.522. The van der Waals surface area contributed by atoms with Crippen LogP contribution in [-0.4, -0.2) is 37.8 Å². The number of hydrazine groups is 1.